The monoisotopic (exact) mass is 429 g/mol. The summed E-state index contributed by atoms with van der Waals surface area (Å²) in [5.74, 6) is 0.865. The summed E-state index contributed by atoms with van der Waals surface area (Å²) in [5.41, 5.74) is 2.39. The first-order chi connectivity index (χ1) is 11.2. The molecule has 1 fully saturated rings. The lowest BCUT2D eigenvalue weighted by Crippen LogP contribution is -2.25. The van der Waals surface area contributed by atoms with Crippen molar-refractivity contribution < 1.29 is 4.74 Å². The summed E-state index contributed by atoms with van der Waals surface area (Å²) in [6.45, 7) is 1.45. The lowest BCUT2D eigenvalue weighted by atomic mass is 10.2. The van der Waals surface area contributed by atoms with Gasteiger partial charge in [-0.05, 0) is 64.2 Å². The Morgan fingerprint density at radius 1 is 1.04 bits per heavy atom. The molecule has 1 aliphatic carbocycles. The van der Waals surface area contributed by atoms with Crippen molar-refractivity contribution in [3.05, 3.63) is 63.1 Å². The third kappa shape index (κ3) is 5.66. The molecule has 0 radical (unpaired) electrons. The van der Waals surface area contributed by atoms with Crippen LogP contribution in [0.25, 0.3) is 0 Å². The zero-order chi connectivity index (χ0) is 16.1. The third-order valence-electron chi connectivity index (χ3n) is 4.25. The van der Waals surface area contributed by atoms with Crippen molar-refractivity contribution in [2.45, 2.75) is 44.9 Å². The fraction of sp³-hybridized carbons (Fsp3) is 0.368. The largest absolute Gasteiger partial charge is 0.488 e. The molecule has 0 aliphatic heterocycles. The minimum absolute atomic E-state index is 0. The predicted octanol–water partition coefficient (Wildman–Crippen LogP) is 6.14. The second kappa shape index (κ2) is 9.67. The molecule has 1 aliphatic rings. The Morgan fingerprint density at radius 3 is 2.38 bits per heavy atom. The second-order valence-corrected chi connectivity index (χ2v) is 7.33. The SMILES string of the molecule is Cl.Clc1ccc(COc2ccc(CNC3CCCC3)cc2Br)cc1. The molecule has 2 aromatic carbocycles. The highest BCUT2D eigenvalue weighted by atomic mass is 79.9. The molecular weight excluding hydrogens is 409 g/mol. The minimum atomic E-state index is 0. The highest BCUT2D eigenvalue weighted by Crippen LogP contribution is 2.27. The first-order valence-corrected chi connectivity index (χ1v) is 9.27. The summed E-state index contributed by atoms with van der Waals surface area (Å²) in [6, 6.07) is 14.7. The van der Waals surface area contributed by atoms with Crippen molar-refractivity contribution in [1.29, 1.82) is 0 Å². The van der Waals surface area contributed by atoms with E-state index in [2.05, 4.69) is 33.4 Å². The van der Waals surface area contributed by atoms with Gasteiger partial charge in [-0.1, -0.05) is 42.6 Å². The number of halogens is 3. The van der Waals surface area contributed by atoms with Crippen LogP contribution < -0.4 is 10.1 Å². The van der Waals surface area contributed by atoms with E-state index in [0.29, 0.717) is 12.6 Å². The van der Waals surface area contributed by atoms with Crippen molar-refractivity contribution in [3.8, 4) is 5.75 Å². The highest BCUT2D eigenvalue weighted by molar-refractivity contribution is 9.10. The van der Waals surface area contributed by atoms with E-state index in [0.717, 1.165) is 27.4 Å². The van der Waals surface area contributed by atoms with Crippen LogP contribution in [0.1, 0.15) is 36.8 Å². The highest BCUT2D eigenvalue weighted by Gasteiger charge is 2.14. The van der Waals surface area contributed by atoms with E-state index in [1.807, 2.05) is 30.3 Å². The van der Waals surface area contributed by atoms with Crippen molar-refractivity contribution in [3.63, 3.8) is 0 Å². The van der Waals surface area contributed by atoms with E-state index in [9.17, 15) is 0 Å². The molecule has 0 saturated heterocycles. The molecule has 1 N–H and O–H groups in total. The molecule has 0 heterocycles. The summed E-state index contributed by atoms with van der Waals surface area (Å²) in [6.07, 6.45) is 5.34. The van der Waals surface area contributed by atoms with Crippen LogP contribution in [0.3, 0.4) is 0 Å². The Hall–Kier alpha value is -0.740. The zero-order valence-electron chi connectivity index (χ0n) is 13.4. The van der Waals surface area contributed by atoms with Crippen molar-refractivity contribution in [2.24, 2.45) is 0 Å². The fourth-order valence-electron chi connectivity index (χ4n) is 2.91. The maximum atomic E-state index is 5.89. The number of rotatable bonds is 6. The maximum Gasteiger partial charge on any atom is 0.134 e. The molecule has 130 valence electrons. The van der Waals surface area contributed by atoms with Crippen LogP contribution in [-0.2, 0) is 13.2 Å². The zero-order valence-corrected chi connectivity index (χ0v) is 16.6. The molecule has 1 saturated carbocycles. The van der Waals surface area contributed by atoms with Gasteiger partial charge in [0.25, 0.3) is 0 Å². The first kappa shape index (κ1) is 19.6. The van der Waals surface area contributed by atoms with E-state index in [-0.39, 0.29) is 12.4 Å². The Bertz CT molecular complexity index is 642. The van der Waals surface area contributed by atoms with E-state index in [4.69, 9.17) is 16.3 Å². The van der Waals surface area contributed by atoms with Gasteiger partial charge in [0.05, 0.1) is 4.47 Å². The molecule has 24 heavy (non-hydrogen) atoms. The number of hydrogen-bond donors (Lipinski definition) is 1. The third-order valence-corrected chi connectivity index (χ3v) is 5.13. The van der Waals surface area contributed by atoms with E-state index in [1.54, 1.807) is 0 Å². The van der Waals surface area contributed by atoms with Gasteiger partial charge < -0.3 is 10.1 Å². The van der Waals surface area contributed by atoms with E-state index < -0.39 is 0 Å². The van der Waals surface area contributed by atoms with Crippen LogP contribution in [-0.4, -0.2) is 6.04 Å². The topological polar surface area (TPSA) is 21.3 Å². The number of hydrogen-bond acceptors (Lipinski definition) is 2. The van der Waals surface area contributed by atoms with Gasteiger partial charge in [0, 0.05) is 17.6 Å². The maximum absolute atomic E-state index is 5.89. The Morgan fingerprint density at radius 2 is 1.71 bits per heavy atom. The lowest BCUT2D eigenvalue weighted by molar-refractivity contribution is 0.304. The van der Waals surface area contributed by atoms with Gasteiger partial charge in [0.15, 0.2) is 0 Å². The van der Waals surface area contributed by atoms with Crippen molar-refractivity contribution in [1.82, 2.24) is 5.32 Å². The van der Waals surface area contributed by atoms with Gasteiger partial charge in [-0.2, -0.15) is 0 Å². The fourth-order valence-corrected chi connectivity index (χ4v) is 3.57. The van der Waals surface area contributed by atoms with Crippen LogP contribution in [0.5, 0.6) is 5.75 Å². The Balaban J connectivity index is 0.00000208. The van der Waals surface area contributed by atoms with E-state index >= 15 is 0 Å². The van der Waals surface area contributed by atoms with Gasteiger partial charge >= 0.3 is 0 Å². The molecule has 2 nitrogen and oxygen atoms in total. The summed E-state index contributed by atoms with van der Waals surface area (Å²) in [5, 5.41) is 4.38. The smallest absolute Gasteiger partial charge is 0.134 e. The molecule has 0 amide bonds. The van der Waals surface area contributed by atoms with E-state index in [1.165, 1.54) is 31.2 Å². The van der Waals surface area contributed by atoms with Gasteiger partial charge in [0.1, 0.15) is 12.4 Å². The molecular formula is C19H22BrCl2NO. The van der Waals surface area contributed by atoms with Crippen LogP contribution in [0.2, 0.25) is 5.02 Å². The van der Waals surface area contributed by atoms with Crippen LogP contribution in [0.4, 0.5) is 0 Å². The Labute approximate surface area is 163 Å². The van der Waals surface area contributed by atoms with Crippen LogP contribution in [0, 0.1) is 0 Å². The number of ether oxygens (including phenoxy) is 1. The Kier molecular flexibility index (Phi) is 7.89. The molecule has 0 aromatic heterocycles. The summed E-state index contributed by atoms with van der Waals surface area (Å²) < 4.78 is 6.88. The number of benzene rings is 2. The van der Waals surface area contributed by atoms with Gasteiger partial charge in [-0.15, -0.1) is 12.4 Å². The van der Waals surface area contributed by atoms with Crippen molar-refractivity contribution in [2.75, 3.05) is 0 Å². The van der Waals surface area contributed by atoms with Crippen molar-refractivity contribution >= 4 is 39.9 Å². The summed E-state index contributed by atoms with van der Waals surface area (Å²) in [4.78, 5) is 0. The predicted molar refractivity (Wildman–Crippen MR) is 106 cm³/mol. The standard InChI is InChI=1S/C19H21BrClNO.ClH/c20-18-11-15(12-22-17-3-1-2-4-17)7-10-19(18)23-13-14-5-8-16(21)9-6-14;/h5-11,17,22H,1-4,12-13H2;1H. The molecule has 5 heteroatoms. The first-order valence-electron chi connectivity index (χ1n) is 8.10. The summed E-state index contributed by atoms with van der Waals surface area (Å²) in [7, 11) is 0. The molecule has 0 unspecified atom stereocenters. The second-order valence-electron chi connectivity index (χ2n) is 6.04. The lowest BCUT2D eigenvalue weighted by Gasteiger charge is -2.13. The minimum Gasteiger partial charge on any atom is -0.488 e. The van der Waals surface area contributed by atoms with Gasteiger partial charge in [-0.3, -0.25) is 0 Å². The number of nitrogens with one attached hydrogen (secondary N) is 1. The van der Waals surface area contributed by atoms with Gasteiger partial charge in [0.2, 0.25) is 0 Å². The van der Waals surface area contributed by atoms with Crippen LogP contribution in [0.15, 0.2) is 46.9 Å². The summed E-state index contributed by atoms with van der Waals surface area (Å²) >= 11 is 9.51. The average Bonchev–Trinajstić information content (AvgIpc) is 3.07. The molecule has 0 atom stereocenters. The normalized spacial score (nSPS) is 14.4. The average molecular weight is 431 g/mol. The quantitative estimate of drug-likeness (QED) is 0.594. The molecule has 0 bridgehead atoms. The molecule has 3 rings (SSSR count). The van der Waals surface area contributed by atoms with Crippen LogP contribution >= 0.6 is 39.9 Å². The molecule has 2 aromatic rings. The molecule has 0 spiro atoms. The van der Waals surface area contributed by atoms with Gasteiger partial charge in [-0.25, -0.2) is 0 Å².